The van der Waals surface area contributed by atoms with E-state index in [1.54, 1.807) is 4.68 Å². The Hall–Kier alpha value is -1.36. The average Bonchev–Trinajstić information content (AvgIpc) is 2.58. The Kier molecular flexibility index (Phi) is 4.28. The molecule has 96 valence electrons. The van der Waals surface area contributed by atoms with Gasteiger partial charge in [-0.05, 0) is 33.8 Å². The molecule has 5 heteroatoms. The summed E-state index contributed by atoms with van der Waals surface area (Å²) in [5.74, 6) is 0.00781. The molecule has 0 saturated carbocycles. The molecule has 17 heavy (non-hydrogen) atoms. The van der Waals surface area contributed by atoms with Gasteiger partial charge >= 0.3 is 0 Å². The van der Waals surface area contributed by atoms with Crippen LogP contribution in [0.25, 0.3) is 0 Å². The van der Waals surface area contributed by atoms with E-state index in [4.69, 9.17) is 0 Å². The summed E-state index contributed by atoms with van der Waals surface area (Å²) >= 11 is 0. The molecule has 1 atom stereocenters. The number of hydrogen-bond acceptors (Lipinski definition) is 3. The number of carbonyl (C=O) groups is 1. The van der Waals surface area contributed by atoms with Crippen molar-refractivity contribution < 1.29 is 4.79 Å². The first-order chi connectivity index (χ1) is 7.78. The van der Waals surface area contributed by atoms with Crippen LogP contribution in [0.4, 0.5) is 0 Å². The van der Waals surface area contributed by atoms with Gasteiger partial charge in [-0.15, -0.1) is 0 Å². The van der Waals surface area contributed by atoms with Gasteiger partial charge in [-0.3, -0.25) is 9.48 Å². The predicted molar refractivity (Wildman–Crippen MR) is 67.4 cm³/mol. The topological polar surface area (TPSA) is 59.0 Å². The summed E-state index contributed by atoms with van der Waals surface area (Å²) in [5, 5.41) is 10.3. The predicted octanol–water partition coefficient (Wildman–Crippen LogP) is 0.813. The lowest BCUT2D eigenvalue weighted by molar-refractivity contribution is -0.124. The smallest absolute Gasteiger partial charge is 0.237 e. The highest BCUT2D eigenvalue weighted by Crippen LogP contribution is 2.00. The lowest BCUT2D eigenvalue weighted by atomic mass is 10.1. The van der Waals surface area contributed by atoms with E-state index in [1.165, 1.54) is 0 Å². The zero-order valence-corrected chi connectivity index (χ0v) is 11.2. The third-order valence-corrected chi connectivity index (χ3v) is 2.25. The zero-order chi connectivity index (χ0) is 13.1. The summed E-state index contributed by atoms with van der Waals surface area (Å²) in [6.45, 7) is 8.35. The molecule has 2 N–H and O–H groups in total. The van der Waals surface area contributed by atoms with Crippen molar-refractivity contribution in [1.29, 1.82) is 0 Å². The highest BCUT2D eigenvalue weighted by atomic mass is 16.2. The first-order valence-electron chi connectivity index (χ1n) is 5.82. The normalized spacial score (nSPS) is 13.5. The first kappa shape index (κ1) is 13.7. The number of nitrogens with one attached hydrogen (secondary N) is 2. The fraction of sp³-hybridized carbons (Fsp3) is 0.667. The number of carbonyl (C=O) groups excluding carboxylic acids is 1. The number of aromatic nitrogens is 2. The molecule has 1 unspecified atom stereocenters. The van der Waals surface area contributed by atoms with Gasteiger partial charge in [-0.2, -0.15) is 5.10 Å². The van der Waals surface area contributed by atoms with Crippen LogP contribution in [0.15, 0.2) is 12.3 Å². The third-order valence-electron chi connectivity index (χ3n) is 2.25. The van der Waals surface area contributed by atoms with Crippen molar-refractivity contribution in [2.75, 3.05) is 0 Å². The maximum absolute atomic E-state index is 11.8. The molecule has 0 radical (unpaired) electrons. The second-order valence-electron chi connectivity index (χ2n) is 5.32. The molecule has 0 spiro atoms. The van der Waals surface area contributed by atoms with Crippen molar-refractivity contribution in [2.45, 2.75) is 45.8 Å². The van der Waals surface area contributed by atoms with E-state index in [9.17, 15) is 4.79 Å². The summed E-state index contributed by atoms with van der Waals surface area (Å²) in [5.41, 5.74) is 0.737. The SMILES string of the molecule is CC(NCc1ccn(C)n1)C(=O)NC(C)(C)C. The maximum atomic E-state index is 11.8. The molecule has 1 amide bonds. The summed E-state index contributed by atoms with van der Waals surface area (Å²) in [6, 6.07) is 1.71. The van der Waals surface area contributed by atoms with Crippen molar-refractivity contribution >= 4 is 5.91 Å². The van der Waals surface area contributed by atoms with E-state index in [1.807, 2.05) is 47.0 Å². The molecule has 5 nitrogen and oxygen atoms in total. The molecule has 1 rings (SSSR count). The van der Waals surface area contributed by atoms with Gasteiger partial charge in [0, 0.05) is 25.3 Å². The van der Waals surface area contributed by atoms with Gasteiger partial charge in [-0.25, -0.2) is 0 Å². The first-order valence-corrected chi connectivity index (χ1v) is 5.82. The van der Waals surface area contributed by atoms with Gasteiger partial charge in [0.05, 0.1) is 11.7 Å². The minimum Gasteiger partial charge on any atom is -0.350 e. The molecule has 0 saturated heterocycles. The Morgan fingerprint density at radius 3 is 2.65 bits per heavy atom. The van der Waals surface area contributed by atoms with Crippen LogP contribution in [0.1, 0.15) is 33.4 Å². The van der Waals surface area contributed by atoms with Crippen LogP contribution in [-0.4, -0.2) is 27.3 Å². The van der Waals surface area contributed by atoms with Gasteiger partial charge in [0.25, 0.3) is 0 Å². The van der Waals surface area contributed by atoms with E-state index in [-0.39, 0.29) is 17.5 Å². The summed E-state index contributed by atoms with van der Waals surface area (Å²) in [7, 11) is 1.87. The van der Waals surface area contributed by atoms with Crippen LogP contribution in [0, 0.1) is 0 Å². The van der Waals surface area contributed by atoms with Crippen molar-refractivity contribution in [1.82, 2.24) is 20.4 Å². The van der Waals surface area contributed by atoms with Crippen LogP contribution < -0.4 is 10.6 Å². The molecule has 1 aromatic rings. The fourth-order valence-electron chi connectivity index (χ4n) is 1.39. The largest absolute Gasteiger partial charge is 0.350 e. The molecule has 0 fully saturated rings. The minimum atomic E-state index is -0.226. The second kappa shape index (κ2) is 5.31. The van der Waals surface area contributed by atoms with Crippen LogP contribution in [0.2, 0.25) is 0 Å². The zero-order valence-electron chi connectivity index (χ0n) is 11.2. The van der Waals surface area contributed by atoms with Crippen molar-refractivity contribution in [3.8, 4) is 0 Å². The number of aryl methyl sites for hydroxylation is 1. The fourth-order valence-corrected chi connectivity index (χ4v) is 1.39. The highest BCUT2D eigenvalue weighted by Gasteiger charge is 2.18. The minimum absolute atomic E-state index is 0.00781. The molecule has 0 aromatic carbocycles. The molecule has 0 bridgehead atoms. The van der Waals surface area contributed by atoms with E-state index >= 15 is 0 Å². The van der Waals surface area contributed by atoms with Crippen molar-refractivity contribution in [2.24, 2.45) is 7.05 Å². The lowest BCUT2D eigenvalue weighted by Gasteiger charge is -2.23. The molecule has 0 aliphatic rings. The van der Waals surface area contributed by atoms with Gasteiger partial charge in [-0.1, -0.05) is 0 Å². The standard InChI is InChI=1S/C12H22N4O/c1-9(11(17)14-12(2,3)4)13-8-10-6-7-16(5)15-10/h6-7,9,13H,8H2,1-5H3,(H,14,17). The van der Waals surface area contributed by atoms with Gasteiger partial charge in [0.15, 0.2) is 0 Å². The molecular formula is C12H22N4O. The molecular weight excluding hydrogens is 216 g/mol. The molecule has 1 heterocycles. The number of rotatable bonds is 4. The van der Waals surface area contributed by atoms with Crippen molar-refractivity contribution in [3.05, 3.63) is 18.0 Å². The van der Waals surface area contributed by atoms with E-state index in [2.05, 4.69) is 15.7 Å². The van der Waals surface area contributed by atoms with Crippen LogP contribution in [0.5, 0.6) is 0 Å². The molecule has 1 aromatic heterocycles. The Morgan fingerprint density at radius 1 is 1.53 bits per heavy atom. The third kappa shape index (κ3) is 4.99. The monoisotopic (exact) mass is 238 g/mol. The quantitative estimate of drug-likeness (QED) is 0.816. The van der Waals surface area contributed by atoms with E-state index in [0.717, 1.165) is 5.69 Å². The summed E-state index contributed by atoms with van der Waals surface area (Å²) < 4.78 is 1.75. The Balaban J connectivity index is 2.39. The van der Waals surface area contributed by atoms with Gasteiger partial charge < -0.3 is 10.6 Å². The van der Waals surface area contributed by atoms with Crippen molar-refractivity contribution in [3.63, 3.8) is 0 Å². The Morgan fingerprint density at radius 2 is 2.18 bits per heavy atom. The summed E-state index contributed by atoms with van der Waals surface area (Å²) in [6.07, 6.45) is 1.89. The maximum Gasteiger partial charge on any atom is 0.237 e. The summed E-state index contributed by atoms with van der Waals surface area (Å²) in [4.78, 5) is 11.8. The molecule has 0 aliphatic heterocycles. The Bertz CT molecular complexity index is 378. The van der Waals surface area contributed by atoms with Crippen LogP contribution in [-0.2, 0) is 18.4 Å². The molecule has 0 aliphatic carbocycles. The number of nitrogens with zero attached hydrogens (tertiary/aromatic N) is 2. The number of amides is 1. The average molecular weight is 238 g/mol. The van der Waals surface area contributed by atoms with E-state index < -0.39 is 0 Å². The van der Waals surface area contributed by atoms with Crippen LogP contribution in [0.3, 0.4) is 0 Å². The van der Waals surface area contributed by atoms with E-state index in [0.29, 0.717) is 6.54 Å². The lowest BCUT2D eigenvalue weighted by Crippen LogP contribution is -2.49. The van der Waals surface area contributed by atoms with Gasteiger partial charge in [0.1, 0.15) is 0 Å². The second-order valence-corrected chi connectivity index (χ2v) is 5.32. The van der Waals surface area contributed by atoms with Crippen LogP contribution >= 0.6 is 0 Å². The van der Waals surface area contributed by atoms with Gasteiger partial charge in [0.2, 0.25) is 5.91 Å². The Labute approximate surface area is 103 Å². The highest BCUT2D eigenvalue weighted by molar-refractivity contribution is 5.81. The number of hydrogen-bond donors (Lipinski definition) is 2.